The van der Waals surface area contributed by atoms with Gasteiger partial charge in [0.15, 0.2) is 5.75 Å². The lowest BCUT2D eigenvalue weighted by atomic mass is 9.97. The largest absolute Gasteiger partial charge is 0.490 e. The molecule has 6 heteroatoms. The Balaban J connectivity index is 2.03. The first-order chi connectivity index (χ1) is 9.63. The number of piperidine rings is 1. The molecule has 2 N–H and O–H groups in total. The normalized spacial score (nSPS) is 17.1. The second-order valence-electron chi connectivity index (χ2n) is 5.22. The summed E-state index contributed by atoms with van der Waals surface area (Å²) in [6, 6.07) is 5.16. The highest BCUT2D eigenvalue weighted by Gasteiger charge is 2.20. The highest BCUT2D eigenvalue weighted by Crippen LogP contribution is 2.28. The average molecular weight is 279 g/mol. The molecule has 0 aliphatic carbocycles. The summed E-state index contributed by atoms with van der Waals surface area (Å²) in [6.45, 7) is 3.49. The van der Waals surface area contributed by atoms with E-state index in [0.717, 1.165) is 44.6 Å². The van der Waals surface area contributed by atoms with E-state index in [1.807, 2.05) is 6.07 Å². The SMILES string of the molecule is COc1ccc(CN2CCC(CN)CC2)cc1[N+](=O)[O-]. The van der Waals surface area contributed by atoms with E-state index < -0.39 is 4.92 Å². The lowest BCUT2D eigenvalue weighted by Crippen LogP contribution is -2.35. The van der Waals surface area contributed by atoms with Crippen LogP contribution in [0.1, 0.15) is 18.4 Å². The zero-order chi connectivity index (χ0) is 14.5. The predicted molar refractivity (Wildman–Crippen MR) is 76.7 cm³/mol. The van der Waals surface area contributed by atoms with Crippen molar-refractivity contribution in [3.05, 3.63) is 33.9 Å². The molecule has 1 heterocycles. The van der Waals surface area contributed by atoms with Crippen molar-refractivity contribution < 1.29 is 9.66 Å². The van der Waals surface area contributed by atoms with Crippen LogP contribution in [0.15, 0.2) is 18.2 Å². The van der Waals surface area contributed by atoms with Gasteiger partial charge in [-0.25, -0.2) is 0 Å². The Bertz CT molecular complexity index is 471. The average Bonchev–Trinajstić information content (AvgIpc) is 2.48. The molecule has 110 valence electrons. The van der Waals surface area contributed by atoms with E-state index in [-0.39, 0.29) is 5.69 Å². The van der Waals surface area contributed by atoms with Crippen molar-refractivity contribution >= 4 is 5.69 Å². The molecule has 1 aliphatic heterocycles. The van der Waals surface area contributed by atoms with E-state index in [4.69, 9.17) is 10.5 Å². The number of likely N-dealkylation sites (tertiary alicyclic amines) is 1. The summed E-state index contributed by atoms with van der Waals surface area (Å²) in [4.78, 5) is 12.9. The highest BCUT2D eigenvalue weighted by atomic mass is 16.6. The molecule has 0 radical (unpaired) electrons. The van der Waals surface area contributed by atoms with Crippen molar-refractivity contribution in [1.29, 1.82) is 0 Å². The van der Waals surface area contributed by atoms with E-state index in [1.165, 1.54) is 7.11 Å². The molecule has 0 atom stereocenters. The van der Waals surface area contributed by atoms with Gasteiger partial charge in [0.2, 0.25) is 0 Å². The van der Waals surface area contributed by atoms with Crippen molar-refractivity contribution in [2.24, 2.45) is 11.7 Å². The molecule has 0 amide bonds. The third-order valence-corrected chi connectivity index (χ3v) is 3.89. The van der Waals surface area contributed by atoms with E-state index >= 15 is 0 Å². The molecule has 1 aromatic rings. The summed E-state index contributed by atoms with van der Waals surface area (Å²) in [5.41, 5.74) is 6.66. The maximum Gasteiger partial charge on any atom is 0.311 e. The summed E-state index contributed by atoms with van der Waals surface area (Å²) in [5, 5.41) is 11.0. The van der Waals surface area contributed by atoms with E-state index in [1.54, 1.807) is 12.1 Å². The molecule has 2 rings (SSSR count). The Morgan fingerprint density at radius 2 is 2.15 bits per heavy atom. The van der Waals surface area contributed by atoms with Gasteiger partial charge < -0.3 is 10.5 Å². The van der Waals surface area contributed by atoms with Crippen molar-refractivity contribution in [3.63, 3.8) is 0 Å². The number of hydrogen-bond acceptors (Lipinski definition) is 5. The van der Waals surface area contributed by atoms with Crippen LogP contribution in [0.2, 0.25) is 0 Å². The van der Waals surface area contributed by atoms with Crippen LogP contribution in [0.4, 0.5) is 5.69 Å². The molecule has 0 unspecified atom stereocenters. The summed E-state index contributed by atoms with van der Waals surface area (Å²) >= 11 is 0. The van der Waals surface area contributed by atoms with Crippen molar-refractivity contribution in [3.8, 4) is 5.75 Å². The Labute approximate surface area is 118 Å². The van der Waals surface area contributed by atoms with E-state index in [0.29, 0.717) is 11.7 Å². The molecule has 0 spiro atoms. The van der Waals surface area contributed by atoms with Crippen LogP contribution >= 0.6 is 0 Å². The molecule has 6 nitrogen and oxygen atoms in total. The summed E-state index contributed by atoms with van der Waals surface area (Å²) in [7, 11) is 1.44. The first-order valence-electron chi connectivity index (χ1n) is 6.87. The first kappa shape index (κ1) is 14.7. The van der Waals surface area contributed by atoms with Crippen molar-refractivity contribution in [2.75, 3.05) is 26.7 Å². The van der Waals surface area contributed by atoms with E-state index in [9.17, 15) is 10.1 Å². The molecule has 1 aromatic carbocycles. The third kappa shape index (κ3) is 3.46. The lowest BCUT2D eigenvalue weighted by Gasteiger charge is -2.31. The van der Waals surface area contributed by atoms with Crippen LogP contribution < -0.4 is 10.5 Å². The number of nitro benzene ring substituents is 1. The molecule has 0 saturated carbocycles. The predicted octanol–water partition coefficient (Wildman–Crippen LogP) is 1.77. The quantitative estimate of drug-likeness (QED) is 0.656. The zero-order valence-electron chi connectivity index (χ0n) is 11.7. The summed E-state index contributed by atoms with van der Waals surface area (Å²) < 4.78 is 5.01. The Kier molecular flexibility index (Phi) is 4.92. The van der Waals surface area contributed by atoms with Gasteiger partial charge >= 0.3 is 5.69 Å². The minimum atomic E-state index is -0.400. The minimum absolute atomic E-state index is 0.0295. The third-order valence-electron chi connectivity index (χ3n) is 3.89. The lowest BCUT2D eigenvalue weighted by molar-refractivity contribution is -0.385. The van der Waals surface area contributed by atoms with Gasteiger partial charge in [-0.05, 0) is 50.0 Å². The number of nitrogens with zero attached hydrogens (tertiary/aromatic N) is 2. The van der Waals surface area contributed by atoms with Gasteiger partial charge in [0, 0.05) is 12.6 Å². The number of ether oxygens (including phenoxy) is 1. The van der Waals surface area contributed by atoms with Crippen LogP contribution in [0.3, 0.4) is 0 Å². The van der Waals surface area contributed by atoms with Crippen LogP contribution in [0.5, 0.6) is 5.75 Å². The van der Waals surface area contributed by atoms with Gasteiger partial charge in [-0.2, -0.15) is 0 Å². The second-order valence-corrected chi connectivity index (χ2v) is 5.22. The molecule has 0 aromatic heterocycles. The summed E-state index contributed by atoms with van der Waals surface area (Å²) in [6.07, 6.45) is 2.21. The maximum atomic E-state index is 11.0. The fourth-order valence-corrected chi connectivity index (χ4v) is 2.62. The monoisotopic (exact) mass is 279 g/mol. The Morgan fingerprint density at radius 3 is 2.70 bits per heavy atom. The number of nitro groups is 1. The fourth-order valence-electron chi connectivity index (χ4n) is 2.62. The van der Waals surface area contributed by atoms with Crippen molar-refractivity contribution in [2.45, 2.75) is 19.4 Å². The fraction of sp³-hybridized carbons (Fsp3) is 0.571. The number of rotatable bonds is 5. The molecular weight excluding hydrogens is 258 g/mol. The van der Waals surface area contributed by atoms with Gasteiger partial charge in [-0.15, -0.1) is 0 Å². The maximum absolute atomic E-state index is 11.0. The number of hydrogen-bond donors (Lipinski definition) is 1. The van der Waals surface area contributed by atoms with E-state index in [2.05, 4.69) is 4.90 Å². The van der Waals surface area contributed by atoms with Gasteiger partial charge in [0.25, 0.3) is 0 Å². The number of nitrogens with two attached hydrogens (primary N) is 1. The van der Waals surface area contributed by atoms with Crippen molar-refractivity contribution in [1.82, 2.24) is 4.90 Å². The molecular formula is C14H21N3O3. The molecule has 1 fully saturated rings. The molecule has 1 aliphatic rings. The molecule has 1 saturated heterocycles. The standard InChI is InChI=1S/C14H21N3O3/c1-20-14-3-2-12(8-13(14)17(18)19)10-16-6-4-11(9-15)5-7-16/h2-3,8,11H,4-7,9-10,15H2,1H3. The van der Waals surface area contributed by atoms with Crippen LogP contribution in [0.25, 0.3) is 0 Å². The van der Waals surface area contributed by atoms with Gasteiger partial charge in [0.05, 0.1) is 12.0 Å². The topological polar surface area (TPSA) is 81.6 Å². The minimum Gasteiger partial charge on any atom is -0.490 e. The van der Waals surface area contributed by atoms with Crippen LogP contribution in [-0.2, 0) is 6.54 Å². The van der Waals surface area contributed by atoms with Gasteiger partial charge in [-0.1, -0.05) is 6.07 Å². The smallest absolute Gasteiger partial charge is 0.311 e. The Hall–Kier alpha value is -1.66. The van der Waals surface area contributed by atoms with Gasteiger partial charge in [0.1, 0.15) is 0 Å². The Morgan fingerprint density at radius 1 is 1.45 bits per heavy atom. The highest BCUT2D eigenvalue weighted by molar-refractivity contribution is 5.48. The number of methoxy groups -OCH3 is 1. The van der Waals surface area contributed by atoms with Crippen LogP contribution in [0, 0.1) is 16.0 Å². The van der Waals surface area contributed by atoms with Gasteiger partial charge in [-0.3, -0.25) is 15.0 Å². The summed E-state index contributed by atoms with van der Waals surface area (Å²) in [5.74, 6) is 0.928. The van der Waals surface area contributed by atoms with Crippen LogP contribution in [-0.4, -0.2) is 36.6 Å². The first-order valence-corrected chi connectivity index (χ1v) is 6.87. The molecule has 0 bridgehead atoms. The second kappa shape index (κ2) is 6.67. The zero-order valence-corrected chi connectivity index (χ0v) is 11.7. The number of benzene rings is 1. The molecule has 20 heavy (non-hydrogen) atoms.